The summed E-state index contributed by atoms with van der Waals surface area (Å²) in [6, 6.07) is -1.19. The Labute approximate surface area is 135 Å². The van der Waals surface area contributed by atoms with Gasteiger partial charge in [-0.25, -0.2) is 14.8 Å². The smallest absolute Gasteiger partial charge is 0.401 e. The van der Waals surface area contributed by atoms with Gasteiger partial charge in [0.1, 0.15) is 6.33 Å². The van der Waals surface area contributed by atoms with E-state index < -0.39 is 36.6 Å². The van der Waals surface area contributed by atoms with Crippen molar-refractivity contribution in [1.82, 2.24) is 19.8 Å². The number of fused-ring (bicyclic) bond motifs is 1. The van der Waals surface area contributed by atoms with Crippen LogP contribution in [0.5, 0.6) is 0 Å². The number of halogens is 3. The van der Waals surface area contributed by atoms with Crippen LogP contribution in [-0.2, 0) is 16.1 Å². The molecular weight excluding hydrogens is 329 g/mol. The van der Waals surface area contributed by atoms with Crippen LogP contribution < -0.4 is 0 Å². The fourth-order valence-electron chi connectivity index (χ4n) is 3.28. The number of rotatable bonds is 3. The second-order valence-electron chi connectivity index (χ2n) is 5.97. The monoisotopic (exact) mass is 344 g/mol. The summed E-state index contributed by atoms with van der Waals surface area (Å²) in [6.45, 7) is -0.897. The average molecular weight is 344 g/mol. The van der Waals surface area contributed by atoms with E-state index in [2.05, 4.69) is 9.97 Å². The van der Waals surface area contributed by atoms with E-state index >= 15 is 0 Å². The first-order chi connectivity index (χ1) is 11.3. The summed E-state index contributed by atoms with van der Waals surface area (Å²) in [5, 5.41) is 9.42. The third-order valence-electron chi connectivity index (χ3n) is 4.29. The van der Waals surface area contributed by atoms with Crippen LogP contribution in [0.4, 0.5) is 13.2 Å². The number of aliphatic carboxylic acids is 1. The standard InChI is InChI=1S/C14H15F3N4O3/c15-14(16,17)6-20-2-1-8(4-20)12(22)21-5-10-9(3-18-7-19-10)11(21)13(23)24/h3,7-8,11H,1-2,4-6H2,(H,23,24). The molecule has 0 aromatic carbocycles. The number of nitrogens with zero attached hydrogens (tertiary/aromatic N) is 4. The number of hydrogen-bond donors (Lipinski definition) is 1. The molecule has 2 unspecified atom stereocenters. The normalized spacial score (nSPS) is 24.2. The third kappa shape index (κ3) is 3.18. The third-order valence-corrected chi connectivity index (χ3v) is 4.29. The first-order valence-electron chi connectivity index (χ1n) is 7.37. The highest BCUT2D eigenvalue weighted by molar-refractivity contribution is 5.87. The Morgan fingerprint density at radius 2 is 2.12 bits per heavy atom. The van der Waals surface area contributed by atoms with Gasteiger partial charge in [0.25, 0.3) is 0 Å². The minimum Gasteiger partial charge on any atom is -0.479 e. The van der Waals surface area contributed by atoms with Gasteiger partial charge < -0.3 is 10.0 Å². The summed E-state index contributed by atoms with van der Waals surface area (Å²) in [6.07, 6.45) is -1.41. The number of hydrogen-bond acceptors (Lipinski definition) is 5. The van der Waals surface area contributed by atoms with Crippen LogP contribution in [0.2, 0.25) is 0 Å². The summed E-state index contributed by atoms with van der Waals surface area (Å²) in [5.41, 5.74) is 0.805. The molecule has 24 heavy (non-hydrogen) atoms. The molecule has 1 saturated heterocycles. The maximum atomic E-state index is 12.6. The van der Waals surface area contributed by atoms with Crippen molar-refractivity contribution in [3.63, 3.8) is 0 Å². The topological polar surface area (TPSA) is 86.6 Å². The largest absolute Gasteiger partial charge is 0.479 e. The van der Waals surface area contributed by atoms with Crippen molar-refractivity contribution >= 4 is 11.9 Å². The lowest BCUT2D eigenvalue weighted by molar-refractivity contribution is -0.152. The Kier molecular flexibility index (Phi) is 4.16. The van der Waals surface area contributed by atoms with Crippen molar-refractivity contribution in [3.05, 3.63) is 23.8 Å². The Balaban J connectivity index is 1.73. The number of amides is 1. The molecule has 10 heteroatoms. The summed E-state index contributed by atoms with van der Waals surface area (Å²) in [5.74, 6) is -2.30. The van der Waals surface area contributed by atoms with E-state index in [4.69, 9.17) is 0 Å². The van der Waals surface area contributed by atoms with Crippen LogP contribution in [0.15, 0.2) is 12.5 Å². The first-order valence-corrected chi connectivity index (χ1v) is 7.37. The van der Waals surface area contributed by atoms with Crippen molar-refractivity contribution < 1.29 is 27.9 Å². The Morgan fingerprint density at radius 1 is 1.38 bits per heavy atom. The van der Waals surface area contributed by atoms with Crippen LogP contribution in [0.25, 0.3) is 0 Å². The molecule has 0 aliphatic carbocycles. The fraction of sp³-hybridized carbons (Fsp3) is 0.571. The molecule has 1 N–H and O–H groups in total. The molecule has 0 radical (unpaired) electrons. The highest BCUT2D eigenvalue weighted by Crippen LogP contribution is 2.35. The molecule has 2 aliphatic heterocycles. The van der Waals surface area contributed by atoms with Crippen molar-refractivity contribution in [2.75, 3.05) is 19.6 Å². The maximum Gasteiger partial charge on any atom is 0.401 e. The zero-order chi connectivity index (χ0) is 17.5. The summed E-state index contributed by atoms with van der Waals surface area (Å²) in [7, 11) is 0. The molecule has 3 heterocycles. The van der Waals surface area contributed by atoms with E-state index in [1.54, 1.807) is 0 Å². The molecular formula is C14H15F3N4O3. The van der Waals surface area contributed by atoms with E-state index in [1.165, 1.54) is 22.3 Å². The number of carbonyl (C=O) groups excluding carboxylic acids is 1. The predicted molar refractivity (Wildman–Crippen MR) is 73.6 cm³/mol. The minimum atomic E-state index is -4.32. The quantitative estimate of drug-likeness (QED) is 0.874. The van der Waals surface area contributed by atoms with Gasteiger partial charge in [0, 0.05) is 18.3 Å². The van der Waals surface area contributed by atoms with Crippen molar-refractivity contribution in [1.29, 1.82) is 0 Å². The van der Waals surface area contributed by atoms with Gasteiger partial charge in [-0.3, -0.25) is 9.69 Å². The summed E-state index contributed by atoms with van der Waals surface area (Å²) >= 11 is 0. The van der Waals surface area contributed by atoms with E-state index in [1.807, 2.05) is 0 Å². The van der Waals surface area contributed by atoms with Crippen molar-refractivity contribution in [3.8, 4) is 0 Å². The van der Waals surface area contributed by atoms with Crippen LogP contribution in [-0.4, -0.2) is 62.6 Å². The SMILES string of the molecule is O=C(O)C1c2cncnc2CN1C(=O)C1CCN(CC(F)(F)F)C1. The molecule has 0 spiro atoms. The summed E-state index contributed by atoms with van der Waals surface area (Å²) < 4.78 is 37.4. The molecule has 2 atom stereocenters. The number of carboxylic acids is 1. The molecule has 0 bridgehead atoms. The zero-order valence-corrected chi connectivity index (χ0v) is 12.5. The number of carboxylic acid groups (broad SMARTS) is 1. The van der Waals surface area contributed by atoms with E-state index in [-0.39, 0.29) is 26.1 Å². The lowest BCUT2D eigenvalue weighted by Gasteiger charge is -2.25. The van der Waals surface area contributed by atoms with Crippen LogP contribution in [0, 0.1) is 5.92 Å². The summed E-state index contributed by atoms with van der Waals surface area (Å²) in [4.78, 5) is 34.3. The molecule has 0 saturated carbocycles. The van der Waals surface area contributed by atoms with Crippen LogP contribution in [0.3, 0.4) is 0 Å². The van der Waals surface area contributed by atoms with Gasteiger partial charge in [-0.15, -0.1) is 0 Å². The molecule has 1 fully saturated rings. The lowest BCUT2D eigenvalue weighted by atomic mass is 10.1. The minimum absolute atomic E-state index is 0.0246. The Bertz CT molecular complexity index is 667. The Morgan fingerprint density at radius 3 is 2.79 bits per heavy atom. The van der Waals surface area contributed by atoms with Gasteiger partial charge in [0.15, 0.2) is 6.04 Å². The van der Waals surface area contributed by atoms with Gasteiger partial charge in [-0.1, -0.05) is 0 Å². The molecule has 130 valence electrons. The highest BCUT2D eigenvalue weighted by Gasteiger charge is 2.44. The van der Waals surface area contributed by atoms with Gasteiger partial charge in [0.05, 0.1) is 24.7 Å². The average Bonchev–Trinajstić information content (AvgIpc) is 3.08. The Hall–Kier alpha value is -2.23. The van der Waals surface area contributed by atoms with Crippen molar-refractivity contribution in [2.24, 2.45) is 5.92 Å². The molecule has 2 aliphatic rings. The molecule has 1 amide bonds. The maximum absolute atomic E-state index is 12.6. The zero-order valence-electron chi connectivity index (χ0n) is 12.5. The molecule has 1 aromatic rings. The van der Waals surface area contributed by atoms with Crippen LogP contribution in [0.1, 0.15) is 23.7 Å². The van der Waals surface area contributed by atoms with E-state index in [9.17, 15) is 27.9 Å². The van der Waals surface area contributed by atoms with Gasteiger partial charge >= 0.3 is 12.1 Å². The van der Waals surface area contributed by atoms with E-state index in [0.29, 0.717) is 11.3 Å². The lowest BCUT2D eigenvalue weighted by Crippen LogP contribution is -2.40. The number of likely N-dealkylation sites (tertiary alicyclic amines) is 1. The first kappa shape index (κ1) is 16.6. The predicted octanol–water partition coefficient (Wildman–Crippen LogP) is 0.829. The van der Waals surface area contributed by atoms with Gasteiger partial charge in [0.2, 0.25) is 5.91 Å². The molecule has 7 nitrogen and oxygen atoms in total. The second-order valence-corrected chi connectivity index (χ2v) is 5.97. The number of carbonyl (C=O) groups is 2. The highest BCUT2D eigenvalue weighted by atomic mass is 19.4. The van der Waals surface area contributed by atoms with E-state index in [0.717, 1.165) is 0 Å². The fourth-order valence-corrected chi connectivity index (χ4v) is 3.28. The van der Waals surface area contributed by atoms with Crippen LogP contribution >= 0.6 is 0 Å². The number of alkyl halides is 3. The van der Waals surface area contributed by atoms with Gasteiger partial charge in [-0.05, 0) is 13.0 Å². The molecule has 1 aromatic heterocycles. The van der Waals surface area contributed by atoms with Gasteiger partial charge in [-0.2, -0.15) is 13.2 Å². The molecule has 3 rings (SSSR count). The van der Waals surface area contributed by atoms with Crippen molar-refractivity contribution in [2.45, 2.75) is 25.2 Å². The number of aromatic nitrogens is 2. The second kappa shape index (κ2) is 6.00.